The Balaban J connectivity index is 1.83. The molecule has 2 aliphatic rings. The van der Waals surface area contributed by atoms with Crippen molar-refractivity contribution in [2.45, 2.75) is 31.2 Å². The van der Waals surface area contributed by atoms with Crippen molar-refractivity contribution in [2.75, 3.05) is 13.7 Å². The number of hydrogen-bond acceptors (Lipinski definition) is 6. The number of rotatable bonds is 4. The molecular weight excluding hydrogens is 348 g/mol. The second kappa shape index (κ2) is 6.18. The van der Waals surface area contributed by atoms with Crippen molar-refractivity contribution in [2.24, 2.45) is 0 Å². The van der Waals surface area contributed by atoms with Crippen LogP contribution in [0.2, 0.25) is 0 Å². The van der Waals surface area contributed by atoms with E-state index in [1.807, 2.05) is 0 Å². The minimum atomic E-state index is -1.37. The van der Waals surface area contributed by atoms with E-state index in [1.54, 1.807) is 32.2 Å². The number of phenols is 1. The molecule has 2 aromatic carbocycles. The fourth-order valence-electron chi connectivity index (χ4n) is 3.72. The van der Waals surface area contributed by atoms with Gasteiger partial charge in [-0.25, -0.2) is 0 Å². The van der Waals surface area contributed by atoms with E-state index in [-0.39, 0.29) is 18.8 Å². The van der Waals surface area contributed by atoms with Gasteiger partial charge >= 0.3 is 0 Å². The average Bonchev–Trinajstić information content (AvgIpc) is 2.95. The van der Waals surface area contributed by atoms with Gasteiger partial charge in [0.25, 0.3) is 0 Å². The second-order valence-corrected chi connectivity index (χ2v) is 7.12. The largest absolute Gasteiger partial charge is 0.508 e. The highest BCUT2D eigenvalue weighted by atomic mass is 16.5. The average molecular weight is 370 g/mol. The van der Waals surface area contributed by atoms with Gasteiger partial charge in [-0.15, -0.1) is 0 Å². The fraction of sp³-hybridized carbons (Fsp3) is 0.333. The molecule has 4 rings (SSSR count). The Hall–Kier alpha value is -2.70. The molecule has 0 radical (unpaired) electrons. The maximum atomic E-state index is 11.4. The van der Waals surface area contributed by atoms with Crippen LogP contribution in [0.25, 0.3) is 0 Å². The molecule has 3 atom stereocenters. The van der Waals surface area contributed by atoms with Gasteiger partial charge < -0.3 is 29.5 Å². The van der Waals surface area contributed by atoms with Crippen molar-refractivity contribution in [1.29, 1.82) is 0 Å². The number of methoxy groups -OCH3 is 1. The lowest BCUT2D eigenvalue weighted by molar-refractivity contribution is -0.0865. The quantitative estimate of drug-likeness (QED) is 0.717. The van der Waals surface area contributed by atoms with Crippen molar-refractivity contribution in [3.63, 3.8) is 0 Å². The zero-order valence-corrected chi connectivity index (χ0v) is 15.2. The van der Waals surface area contributed by atoms with E-state index in [9.17, 15) is 15.3 Å². The van der Waals surface area contributed by atoms with Gasteiger partial charge in [0.1, 0.15) is 29.6 Å². The first kappa shape index (κ1) is 17.7. The second-order valence-electron chi connectivity index (χ2n) is 7.12. The van der Waals surface area contributed by atoms with Crippen molar-refractivity contribution >= 4 is 0 Å². The van der Waals surface area contributed by atoms with Crippen LogP contribution in [0.3, 0.4) is 0 Å². The van der Waals surface area contributed by atoms with Gasteiger partial charge in [-0.1, -0.05) is 12.2 Å². The van der Waals surface area contributed by atoms with E-state index in [0.29, 0.717) is 39.5 Å². The van der Waals surface area contributed by atoms with E-state index in [0.717, 1.165) is 0 Å². The van der Waals surface area contributed by atoms with Gasteiger partial charge in [-0.05, 0) is 31.2 Å². The van der Waals surface area contributed by atoms with Crippen LogP contribution in [0.1, 0.15) is 29.7 Å². The molecule has 2 aromatic rings. The van der Waals surface area contributed by atoms with E-state index in [4.69, 9.17) is 14.2 Å². The molecule has 0 aliphatic carbocycles. The molecule has 0 amide bonds. The minimum absolute atomic E-state index is 0.00404. The molecule has 2 heterocycles. The van der Waals surface area contributed by atoms with Crippen molar-refractivity contribution in [3.05, 3.63) is 59.2 Å². The first-order valence-electron chi connectivity index (χ1n) is 8.73. The zero-order chi connectivity index (χ0) is 19.3. The summed E-state index contributed by atoms with van der Waals surface area (Å²) in [6, 6.07) is 8.25. The van der Waals surface area contributed by atoms with Crippen LogP contribution in [-0.2, 0) is 12.0 Å². The number of ether oxygens (including phenoxy) is 3. The lowest BCUT2D eigenvalue weighted by atomic mass is 9.84. The first-order chi connectivity index (χ1) is 12.8. The Morgan fingerprint density at radius 1 is 1.37 bits per heavy atom. The fourth-order valence-corrected chi connectivity index (χ4v) is 3.72. The number of fused-ring (bicyclic) bond motifs is 5. The molecule has 0 unspecified atom stereocenters. The summed E-state index contributed by atoms with van der Waals surface area (Å²) in [4.78, 5) is 0. The maximum absolute atomic E-state index is 11.4. The molecule has 0 spiro atoms. The monoisotopic (exact) mass is 370 g/mol. The lowest BCUT2D eigenvalue weighted by Crippen LogP contribution is -2.41. The SMILES string of the molecule is C=C(C)[C@H](O)Cc1c(OC)ccc2c1O[C@H]1c3ccc(O)cc3OC[C@@]21O. The third-order valence-electron chi connectivity index (χ3n) is 5.27. The smallest absolute Gasteiger partial charge is 0.168 e. The molecule has 0 bridgehead atoms. The third-order valence-corrected chi connectivity index (χ3v) is 5.27. The highest BCUT2D eigenvalue weighted by Gasteiger charge is 2.53. The Morgan fingerprint density at radius 2 is 2.15 bits per heavy atom. The van der Waals surface area contributed by atoms with Crippen LogP contribution < -0.4 is 14.2 Å². The van der Waals surface area contributed by atoms with E-state index in [2.05, 4.69) is 6.58 Å². The molecule has 0 saturated carbocycles. The summed E-state index contributed by atoms with van der Waals surface area (Å²) in [5.41, 5.74) is 1.19. The number of hydrogen-bond donors (Lipinski definition) is 3. The summed E-state index contributed by atoms with van der Waals surface area (Å²) in [7, 11) is 1.55. The summed E-state index contributed by atoms with van der Waals surface area (Å²) < 4.78 is 17.4. The molecule has 0 fully saturated rings. The molecule has 142 valence electrons. The topological polar surface area (TPSA) is 88.4 Å². The predicted octanol–water partition coefficient (Wildman–Crippen LogP) is 2.59. The van der Waals surface area contributed by atoms with E-state index in [1.165, 1.54) is 12.1 Å². The zero-order valence-electron chi connectivity index (χ0n) is 15.2. The van der Waals surface area contributed by atoms with Crippen LogP contribution in [0.15, 0.2) is 42.5 Å². The predicted molar refractivity (Wildman–Crippen MR) is 98.4 cm³/mol. The van der Waals surface area contributed by atoms with Gasteiger partial charge in [0.2, 0.25) is 0 Å². The van der Waals surface area contributed by atoms with Crippen LogP contribution in [0.4, 0.5) is 0 Å². The Labute approximate surface area is 157 Å². The van der Waals surface area contributed by atoms with Crippen LogP contribution in [-0.4, -0.2) is 35.1 Å². The molecule has 0 saturated heterocycles. The normalized spacial score (nSPS) is 23.3. The van der Waals surface area contributed by atoms with E-state index >= 15 is 0 Å². The maximum Gasteiger partial charge on any atom is 0.168 e. The van der Waals surface area contributed by atoms with Gasteiger partial charge in [-0.2, -0.15) is 0 Å². The van der Waals surface area contributed by atoms with Crippen molar-refractivity contribution in [3.8, 4) is 23.0 Å². The molecule has 2 aliphatic heterocycles. The minimum Gasteiger partial charge on any atom is -0.508 e. The molecule has 0 aromatic heterocycles. The molecule has 6 nitrogen and oxygen atoms in total. The Morgan fingerprint density at radius 3 is 2.85 bits per heavy atom. The van der Waals surface area contributed by atoms with Gasteiger partial charge in [0.15, 0.2) is 11.7 Å². The molecule has 6 heteroatoms. The van der Waals surface area contributed by atoms with Crippen molar-refractivity contribution < 1.29 is 29.5 Å². The number of aliphatic hydroxyl groups is 2. The van der Waals surface area contributed by atoms with E-state index < -0.39 is 17.8 Å². The van der Waals surface area contributed by atoms with Crippen molar-refractivity contribution in [1.82, 2.24) is 0 Å². The van der Waals surface area contributed by atoms with Crippen LogP contribution in [0.5, 0.6) is 23.0 Å². The standard InChI is InChI=1S/C21H22O6/c1-11(2)16(23)9-14-17(25-3)7-6-15-19(14)27-20-13-5-4-12(22)8-18(13)26-10-21(15,20)24/h4-8,16,20,22-24H,1,9-10H2,2-3H3/t16-,20+,21-/m1/s1. The molecule has 3 N–H and O–H groups in total. The highest BCUT2D eigenvalue weighted by molar-refractivity contribution is 5.59. The number of aliphatic hydroxyl groups excluding tert-OH is 1. The lowest BCUT2D eigenvalue weighted by Gasteiger charge is -2.34. The number of aromatic hydroxyl groups is 1. The first-order valence-corrected chi connectivity index (χ1v) is 8.73. The third kappa shape index (κ3) is 2.64. The van der Waals surface area contributed by atoms with Gasteiger partial charge in [0.05, 0.1) is 13.2 Å². The van der Waals surface area contributed by atoms with Gasteiger partial charge in [0, 0.05) is 29.2 Å². The number of phenolic OH excluding ortho intramolecular Hbond substituents is 1. The van der Waals surface area contributed by atoms with Crippen LogP contribution >= 0.6 is 0 Å². The van der Waals surface area contributed by atoms with Crippen LogP contribution in [0, 0.1) is 0 Å². The van der Waals surface area contributed by atoms with Gasteiger partial charge in [-0.3, -0.25) is 0 Å². The number of benzene rings is 2. The Kier molecular flexibility index (Phi) is 4.05. The summed E-state index contributed by atoms with van der Waals surface area (Å²) >= 11 is 0. The highest BCUT2D eigenvalue weighted by Crippen LogP contribution is 2.56. The molecular formula is C21H22O6. The Bertz CT molecular complexity index is 921. The summed E-state index contributed by atoms with van der Waals surface area (Å²) in [6.07, 6.45) is -1.18. The summed E-state index contributed by atoms with van der Waals surface area (Å²) in [6.45, 7) is 5.55. The summed E-state index contributed by atoms with van der Waals surface area (Å²) in [5.74, 6) is 1.63. The summed E-state index contributed by atoms with van der Waals surface area (Å²) in [5, 5.41) is 31.4. The molecule has 27 heavy (non-hydrogen) atoms.